The number of carboxylic acid groups (broad SMARTS) is 1. The Kier molecular flexibility index (Phi) is 3.42. The molecule has 0 amide bonds. The van der Waals surface area contributed by atoms with Crippen molar-refractivity contribution in [2.45, 2.75) is 32.3 Å². The largest absolute Gasteiger partial charge is 0.481 e. The van der Waals surface area contributed by atoms with Gasteiger partial charge in [-0.2, -0.15) is 0 Å². The maximum Gasteiger partial charge on any atom is 0.306 e. The zero-order valence-electron chi connectivity index (χ0n) is 7.66. The third-order valence-corrected chi connectivity index (χ3v) is 2.19. The first-order valence-electron chi connectivity index (χ1n) is 3.85. The minimum absolute atomic E-state index is 0. The van der Waals surface area contributed by atoms with Gasteiger partial charge in [-0.15, -0.1) is 0 Å². The van der Waals surface area contributed by atoms with Crippen LogP contribution in [0.5, 0.6) is 0 Å². The molecular weight excluding hydrogens is 176 g/mol. The quantitative estimate of drug-likeness (QED) is 0.619. The minimum atomic E-state index is -0.883. The van der Waals surface area contributed by atoms with Gasteiger partial charge in [0.2, 0.25) is 0 Å². The van der Waals surface area contributed by atoms with Crippen molar-refractivity contribution in [3.63, 3.8) is 0 Å². The van der Waals surface area contributed by atoms with E-state index in [4.69, 9.17) is 9.84 Å². The molecule has 0 radical (unpaired) electrons. The normalized spacial score (nSPS) is 24.8. The summed E-state index contributed by atoms with van der Waals surface area (Å²) in [5.74, 6) is -1.37. The van der Waals surface area contributed by atoms with Gasteiger partial charge < -0.3 is 15.3 Å². The summed E-state index contributed by atoms with van der Waals surface area (Å²) >= 11 is 0. The number of carbonyl (C=O) groups is 2. The first-order valence-corrected chi connectivity index (χ1v) is 3.85. The molecule has 0 aromatic carbocycles. The second-order valence-corrected chi connectivity index (χ2v) is 3.58. The van der Waals surface area contributed by atoms with Crippen LogP contribution in [0.15, 0.2) is 0 Å². The van der Waals surface area contributed by atoms with Gasteiger partial charge in [0.05, 0.1) is 12.8 Å². The molecule has 1 heterocycles. The van der Waals surface area contributed by atoms with E-state index in [1.54, 1.807) is 13.8 Å². The Morgan fingerprint density at radius 1 is 1.69 bits per heavy atom. The van der Waals surface area contributed by atoms with Gasteiger partial charge in [-0.25, -0.2) is 0 Å². The summed E-state index contributed by atoms with van der Waals surface area (Å²) in [5.41, 5.74) is -0.616. The highest BCUT2D eigenvalue weighted by molar-refractivity contribution is 5.75. The number of ether oxygens (including phenoxy) is 1. The Morgan fingerprint density at radius 3 is 2.54 bits per heavy atom. The second kappa shape index (κ2) is 3.74. The van der Waals surface area contributed by atoms with Gasteiger partial charge in [-0.3, -0.25) is 9.59 Å². The smallest absolute Gasteiger partial charge is 0.306 e. The van der Waals surface area contributed by atoms with Crippen LogP contribution in [-0.4, -0.2) is 28.1 Å². The molecule has 0 aromatic heterocycles. The summed E-state index contributed by atoms with van der Waals surface area (Å²) < 4.78 is 4.96. The highest BCUT2D eigenvalue weighted by Crippen LogP contribution is 2.34. The molecule has 0 spiro atoms. The molecular formula is C8H14O5. The molecule has 5 heteroatoms. The van der Waals surface area contributed by atoms with Gasteiger partial charge in [0.25, 0.3) is 0 Å². The average Bonchev–Trinajstić information content (AvgIpc) is 2.04. The van der Waals surface area contributed by atoms with Crippen LogP contribution in [0.3, 0.4) is 0 Å². The molecule has 1 aliphatic heterocycles. The average molecular weight is 190 g/mol. The monoisotopic (exact) mass is 190 g/mol. The fraction of sp³-hybridized carbons (Fsp3) is 0.750. The molecule has 0 aromatic rings. The number of hydrogen-bond acceptors (Lipinski definition) is 3. The third kappa shape index (κ3) is 2.69. The SMILES string of the molecule is CC1(C)OC(=O)CC1CC(=O)O.O. The van der Waals surface area contributed by atoms with Crippen molar-refractivity contribution >= 4 is 11.9 Å². The van der Waals surface area contributed by atoms with E-state index in [-0.39, 0.29) is 30.2 Å². The van der Waals surface area contributed by atoms with E-state index < -0.39 is 11.6 Å². The molecule has 76 valence electrons. The van der Waals surface area contributed by atoms with Crippen molar-refractivity contribution < 1.29 is 24.9 Å². The van der Waals surface area contributed by atoms with Gasteiger partial charge in [0.1, 0.15) is 5.60 Å². The van der Waals surface area contributed by atoms with Gasteiger partial charge in [-0.1, -0.05) is 0 Å². The lowest BCUT2D eigenvalue weighted by molar-refractivity contribution is -0.148. The molecule has 1 unspecified atom stereocenters. The van der Waals surface area contributed by atoms with E-state index in [0.717, 1.165) is 0 Å². The van der Waals surface area contributed by atoms with Crippen LogP contribution >= 0.6 is 0 Å². The lowest BCUT2D eigenvalue weighted by atomic mass is 9.88. The topological polar surface area (TPSA) is 95.1 Å². The van der Waals surface area contributed by atoms with Crippen LogP contribution in [0.4, 0.5) is 0 Å². The zero-order chi connectivity index (χ0) is 9.35. The van der Waals surface area contributed by atoms with Crippen molar-refractivity contribution in [1.29, 1.82) is 0 Å². The Morgan fingerprint density at radius 2 is 2.23 bits per heavy atom. The molecule has 1 atom stereocenters. The third-order valence-electron chi connectivity index (χ3n) is 2.19. The van der Waals surface area contributed by atoms with Crippen molar-refractivity contribution in [1.82, 2.24) is 0 Å². The van der Waals surface area contributed by atoms with Crippen LogP contribution in [0.1, 0.15) is 26.7 Å². The highest BCUT2D eigenvalue weighted by atomic mass is 16.6. The summed E-state index contributed by atoms with van der Waals surface area (Å²) in [6, 6.07) is 0. The Balaban J connectivity index is 0.00000144. The van der Waals surface area contributed by atoms with E-state index in [2.05, 4.69) is 0 Å². The molecule has 3 N–H and O–H groups in total. The number of rotatable bonds is 2. The van der Waals surface area contributed by atoms with Crippen LogP contribution in [0.25, 0.3) is 0 Å². The molecule has 5 nitrogen and oxygen atoms in total. The molecule has 1 aliphatic rings. The highest BCUT2D eigenvalue weighted by Gasteiger charge is 2.42. The summed E-state index contributed by atoms with van der Waals surface area (Å²) in [5, 5.41) is 8.53. The maximum absolute atomic E-state index is 10.8. The molecule has 1 rings (SSSR count). The Hall–Kier alpha value is -1.10. The predicted octanol–water partition coefficient (Wildman–Crippen LogP) is -0.0219. The first kappa shape index (κ1) is 11.9. The maximum atomic E-state index is 10.8. The summed E-state index contributed by atoms with van der Waals surface area (Å²) in [6.07, 6.45) is 0.220. The number of aliphatic carboxylic acids is 1. The number of esters is 1. The van der Waals surface area contributed by atoms with Crippen molar-refractivity contribution in [2.75, 3.05) is 0 Å². The van der Waals surface area contributed by atoms with Crippen LogP contribution < -0.4 is 0 Å². The van der Waals surface area contributed by atoms with E-state index in [1.165, 1.54) is 0 Å². The lowest BCUT2D eigenvalue weighted by Crippen LogP contribution is -2.29. The fourth-order valence-electron chi connectivity index (χ4n) is 1.39. The van der Waals surface area contributed by atoms with E-state index in [0.29, 0.717) is 0 Å². The Bertz CT molecular complexity index is 221. The molecule has 1 saturated heterocycles. The van der Waals surface area contributed by atoms with Gasteiger partial charge in [-0.05, 0) is 13.8 Å². The molecule has 0 bridgehead atoms. The van der Waals surface area contributed by atoms with E-state index >= 15 is 0 Å². The van der Waals surface area contributed by atoms with Crippen LogP contribution in [0, 0.1) is 5.92 Å². The van der Waals surface area contributed by atoms with E-state index in [1.807, 2.05) is 0 Å². The van der Waals surface area contributed by atoms with Crippen molar-refractivity contribution in [2.24, 2.45) is 5.92 Å². The summed E-state index contributed by atoms with van der Waals surface area (Å²) in [6.45, 7) is 3.48. The van der Waals surface area contributed by atoms with Gasteiger partial charge >= 0.3 is 11.9 Å². The fourth-order valence-corrected chi connectivity index (χ4v) is 1.39. The number of carboxylic acids is 1. The summed E-state index contributed by atoms with van der Waals surface area (Å²) in [7, 11) is 0. The number of cyclic esters (lactones) is 1. The molecule has 0 saturated carbocycles. The van der Waals surface area contributed by atoms with E-state index in [9.17, 15) is 9.59 Å². The van der Waals surface area contributed by atoms with Crippen LogP contribution in [-0.2, 0) is 14.3 Å². The molecule has 1 fully saturated rings. The van der Waals surface area contributed by atoms with Gasteiger partial charge in [0.15, 0.2) is 0 Å². The standard InChI is InChI=1S/C8H12O4.H2O/c1-8(2)5(3-6(9)10)4-7(11)12-8;/h5H,3-4H2,1-2H3,(H,9,10);1H2. The minimum Gasteiger partial charge on any atom is -0.481 e. The molecule has 13 heavy (non-hydrogen) atoms. The zero-order valence-corrected chi connectivity index (χ0v) is 7.66. The summed E-state index contributed by atoms with van der Waals surface area (Å²) in [4.78, 5) is 21.2. The number of hydrogen-bond donors (Lipinski definition) is 1. The predicted molar refractivity (Wildman–Crippen MR) is 44.1 cm³/mol. The second-order valence-electron chi connectivity index (χ2n) is 3.58. The first-order chi connectivity index (χ1) is 5.42. The number of carbonyl (C=O) groups excluding carboxylic acids is 1. The van der Waals surface area contributed by atoms with Crippen LogP contribution in [0.2, 0.25) is 0 Å². The molecule has 0 aliphatic carbocycles. The Labute approximate surface area is 76.0 Å². The lowest BCUT2D eigenvalue weighted by Gasteiger charge is -2.22. The van der Waals surface area contributed by atoms with Crippen molar-refractivity contribution in [3.05, 3.63) is 0 Å². The van der Waals surface area contributed by atoms with Crippen molar-refractivity contribution in [3.8, 4) is 0 Å². The van der Waals surface area contributed by atoms with Gasteiger partial charge in [0, 0.05) is 5.92 Å².